The monoisotopic (exact) mass is 286 g/mol. The van der Waals surface area contributed by atoms with Gasteiger partial charge in [0, 0.05) is 19.6 Å². The zero-order valence-electron chi connectivity index (χ0n) is 11.2. The van der Waals surface area contributed by atoms with Crippen molar-refractivity contribution in [1.29, 1.82) is 0 Å². The Morgan fingerprint density at radius 3 is 2.79 bits per heavy atom. The minimum Gasteiger partial charge on any atom is -0.481 e. The van der Waals surface area contributed by atoms with Crippen LogP contribution in [-0.2, 0) is 16.1 Å². The molecular weight excluding hydrogens is 268 g/mol. The average molecular weight is 286 g/mol. The van der Waals surface area contributed by atoms with Crippen molar-refractivity contribution in [2.24, 2.45) is 0 Å². The van der Waals surface area contributed by atoms with E-state index >= 15 is 0 Å². The summed E-state index contributed by atoms with van der Waals surface area (Å²) in [6, 6.07) is -0.184. The first-order chi connectivity index (χ1) is 8.93. The van der Waals surface area contributed by atoms with Gasteiger partial charge in [-0.1, -0.05) is 0 Å². The minimum atomic E-state index is -0.863. The third-order valence-corrected chi connectivity index (χ3v) is 3.61. The van der Waals surface area contributed by atoms with E-state index in [1.165, 1.54) is 11.3 Å². The van der Waals surface area contributed by atoms with E-state index in [0.717, 1.165) is 5.01 Å². The van der Waals surface area contributed by atoms with Crippen molar-refractivity contribution in [2.75, 3.05) is 7.11 Å². The Hall–Kier alpha value is -1.47. The number of hydrogen-bond acceptors (Lipinski definition) is 5. The van der Waals surface area contributed by atoms with Crippen LogP contribution in [0, 0.1) is 6.92 Å². The number of ether oxygens (including phenoxy) is 1. The molecule has 1 heterocycles. The molecule has 6 nitrogen and oxygen atoms in total. The highest BCUT2D eigenvalue weighted by Crippen LogP contribution is 2.18. The molecule has 1 amide bonds. The summed E-state index contributed by atoms with van der Waals surface area (Å²) in [5.74, 6) is -1.08. The van der Waals surface area contributed by atoms with E-state index in [2.05, 4.69) is 10.3 Å². The summed E-state index contributed by atoms with van der Waals surface area (Å²) >= 11 is 1.29. The first kappa shape index (κ1) is 15.6. The number of aryl methyl sites for hydroxylation is 1. The van der Waals surface area contributed by atoms with E-state index < -0.39 is 5.97 Å². The third-order valence-electron chi connectivity index (χ3n) is 2.48. The summed E-state index contributed by atoms with van der Waals surface area (Å²) in [6.07, 6.45) is 0.446. The van der Waals surface area contributed by atoms with Crippen LogP contribution in [0.1, 0.15) is 40.1 Å². The minimum absolute atomic E-state index is 0.0397. The van der Waals surface area contributed by atoms with Crippen molar-refractivity contribution in [1.82, 2.24) is 10.3 Å². The van der Waals surface area contributed by atoms with Crippen LogP contribution in [-0.4, -0.2) is 35.1 Å². The van der Waals surface area contributed by atoms with Crippen LogP contribution in [0.15, 0.2) is 0 Å². The molecule has 0 aliphatic heterocycles. The second kappa shape index (κ2) is 7.20. The van der Waals surface area contributed by atoms with Gasteiger partial charge in [-0.15, -0.1) is 11.3 Å². The van der Waals surface area contributed by atoms with E-state index in [4.69, 9.17) is 9.84 Å². The molecule has 1 rings (SSSR count). The second-order valence-corrected chi connectivity index (χ2v) is 5.35. The first-order valence-electron chi connectivity index (χ1n) is 5.92. The van der Waals surface area contributed by atoms with Gasteiger partial charge < -0.3 is 15.2 Å². The van der Waals surface area contributed by atoms with Gasteiger partial charge in [0.2, 0.25) is 0 Å². The maximum absolute atomic E-state index is 12.0. The lowest BCUT2D eigenvalue weighted by atomic mass is 10.2. The molecule has 0 saturated heterocycles. The van der Waals surface area contributed by atoms with Gasteiger partial charge in [-0.05, 0) is 20.3 Å². The number of methoxy groups -OCH3 is 1. The number of carboxylic acid groups (broad SMARTS) is 1. The summed E-state index contributed by atoms with van der Waals surface area (Å²) in [6.45, 7) is 3.94. The quantitative estimate of drug-likeness (QED) is 0.794. The number of aromatic nitrogens is 1. The Morgan fingerprint density at radius 1 is 1.53 bits per heavy atom. The number of thiazole rings is 1. The number of carbonyl (C=O) groups excluding carboxylic acids is 1. The van der Waals surface area contributed by atoms with Gasteiger partial charge >= 0.3 is 5.97 Å². The maximum Gasteiger partial charge on any atom is 0.303 e. The Labute approximate surface area is 115 Å². The van der Waals surface area contributed by atoms with Crippen LogP contribution in [0.2, 0.25) is 0 Å². The molecule has 0 aliphatic rings. The van der Waals surface area contributed by atoms with Crippen LogP contribution < -0.4 is 5.32 Å². The largest absolute Gasteiger partial charge is 0.481 e. The molecule has 1 atom stereocenters. The van der Waals surface area contributed by atoms with E-state index in [1.807, 2.05) is 0 Å². The van der Waals surface area contributed by atoms with Gasteiger partial charge in [-0.3, -0.25) is 9.59 Å². The molecule has 7 heteroatoms. The van der Waals surface area contributed by atoms with Crippen molar-refractivity contribution < 1.29 is 19.4 Å². The Kier molecular flexibility index (Phi) is 5.91. The lowest BCUT2D eigenvalue weighted by Crippen LogP contribution is -2.32. The van der Waals surface area contributed by atoms with Gasteiger partial charge in [0.1, 0.15) is 9.88 Å². The molecule has 0 fully saturated rings. The highest BCUT2D eigenvalue weighted by Gasteiger charge is 2.17. The number of rotatable bonds is 7. The van der Waals surface area contributed by atoms with Crippen molar-refractivity contribution in [3.8, 4) is 0 Å². The number of carbonyl (C=O) groups is 2. The molecule has 1 aromatic rings. The molecule has 19 heavy (non-hydrogen) atoms. The molecule has 0 bridgehead atoms. The fourth-order valence-corrected chi connectivity index (χ4v) is 2.49. The third kappa shape index (κ3) is 4.96. The van der Waals surface area contributed by atoms with Crippen LogP contribution in [0.3, 0.4) is 0 Å². The topological polar surface area (TPSA) is 88.5 Å². The van der Waals surface area contributed by atoms with Gasteiger partial charge in [-0.25, -0.2) is 4.98 Å². The molecular formula is C12H18N2O4S. The summed E-state index contributed by atoms with van der Waals surface area (Å²) in [4.78, 5) is 27.3. The van der Waals surface area contributed by atoms with E-state index in [-0.39, 0.29) is 18.4 Å². The molecule has 0 aromatic carbocycles. The van der Waals surface area contributed by atoms with Crippen LogP contribution in [0.5, 0.6) is 0 Å². The average Bonchev–Trinajstić information content (AvgIpc) is 2.68. The summed E-state index contributed by atoms with van der Waals surface area (Å²) in [5.41, 5.74) is 0.667. The highest BCUT2D eigenvalue weighted by molar-refractivity contribution is 7.13. The van der Waals surface area contributed by atoms with Crippen molar-refractivity contribution in [2.45, 2.75) is 39.3 Å². The standard InChI is InChI=1S/C12H18N2O4S/c1-7(4-5-10(15)16)13-12(17)11-8(2)14-9(19-11)6-18-3/h7H,4-6H2,1-3H3,(H,13,17)(H,15,16). The normalized spacial score (nSPS) is 12.2. The van der Waals surface area contributed by atoms with Gasteiger partial charge in [-0.2, -0.15) is 0 Å². The molecule has 0 spiro atoms. The summed E-state index contributed by atoms with van der Waals surface area (Å²) in [5, 5.41) is 12.1. The predicted octanol–water partition coefficient (Wildman–Crippen LogP) is 1.58. The van der Waals surface area contributed by atoms with Crippen molar-refractivity contribution in [3.05, 3.63) is 15.6 Å². The van der Waals surface area contributed by atoms with Gasteiger partial charge in [0.05, 0.1) is 12.3 Å². The first-order valence-corrected chi connectivity index (χ1v) is 6.73. The van der Waals surface area contributed by atoms with Crippen LogP contribution in [0.4, 0.5) is 0 Å². The lowest BCUT2D eigenvalue weighted by molar-refractivity contribution is -0.137. The number of hydrogen-bond donors (Lipinski definition) is 2. The number of nitrogens with zero attached hydrogens (tertiary/aromatic N) is 1. The van der Waals surface area contributed by atoms with Gasteiger partial charge in [0.25, 0.3) is 5.91 Å². The smallest absolute Gasteiger partial charge is 0.303 e. The second-order valence-electron chi connectivity index (χ2n) is 4.26. The number of amides is 1. The molecule has 1 unspecified atom stereocenters. The zero-order chi connectivity index (χ0) is 14.4. The predicted molar refractivity (Wildman–Crippen MR) is 71.4 cm³/mol. The highest BCUT2D eigenvalue weighted by atomic mass is 32.1. The molecule has 0 radical (unpaired) electrons. The van der Waals surface area contributed by atoms with Crippen LogP contribution in [0.25, 0.3) is 0 Å². The molecule has 1 aromatic heterocycles. The SMILES string of the molecule is COCc1nc(C)c(C(=O)NC(C)CCC(=O)O)s1. The summed E-state index contributed by atoms with van der Waals surface area (Å²) < 4.78 is 4.97. The van der Waals surface area contributed by atoms with Crippen molar-refractivity contribution >= 4 is 23.2 Å². The maximum atomic E-state index is 12.0. The fourth-order valence-electron chi connectivity index (χ4n) is 1.55. The zero-order valence-corrected chi connectivity index (χ0v) is 12.0. The van der Waals surface area contributed by atoms with E-state index in [0.29, 0.717) is 23.6 Å². The molecule has 0 saturated carbocycles. The fraction of sp³-hybridized carbons (Fsp3) is 0.583. The molecule has 0 aliphatic carbocycles. The molecule has 2 N–H and O–H groups in total. The lowest BCUT2D eigenvalue weighted by Gasteiger charge is -2.11. The molecule has 106 valence electrons. The van der Waals surface area contributed by atoms with Crippen LogP contribution >= 0.6 is 11.3 Å². The number of aliphatic carboxylic acids is 1. The number of carboxylic acids is 1. The Bertz CT molecular complexity index is 459. The Morgan fingerprint density at radius 2 is 2.21 bits per heavy atom. The summed E-state index contributed by atoms with van der Waals surface area (Å²) in [7, 11) is 1.57. The van der Waals surface area contributed by atoms with E-state index in [1.54, 1.807) is 21.0 Å². The van der Waals surface area contributed by atoms with Gasteiger partial charge in [0.15, 0.2) is 0 Å². The number of nitrogens with one attached hydrogen (secondary N) is 1. The Balaban J connectivity index is 2.59. The van der Waals surface area contributed by atoms with Crippen molar-refractivity contribution in [3.63, 3.8) is 0 Å². The van der Waals surface area contributed by atoms with E-state index in [9.17, 15) is 9.59 Å².